The summed E-state index contributed by atoms with van der Waals surface area (Å²) in [7, 11) is 0. The maximum absolute atomic E-state index is 6.94. The van der Waals surface area contributed by atoms with Crippen molar-refractivity contribution in [1.29, 1.82) is 0 Å². The van der Waals surface area contributed by atoms with E-state index < -0.39 is 0 Å². The molecule has 0 bridgehead atoms. The maximum Gasteiger partial charge on any atom is 0.0154 e. The highest BCUT2D eigenvalue weighted by Gasteiger charge is 2.23. The van der Waals surface area contributed by atoms with Crippen LogP contribution in [-0.2, 0) is 0 Å². The Morgan fingerprint density at radius 3 is 0.852 bits per heavy atom. The van der Waals surface area contributed by atoms with Crippen LogP contribution < -0.4 is 5.73 Å². The van der Waals surface area contributed by atoms with Crippen molar-refractivity contribution in [2.45, 2.75) is 168 Å². The predicted octanol–water partition coefficient (Wildman–Crippen LogP) is 9.33. The fraction of sp³-hybridized carbons (Fsp3) is 1.00. The Labute approximate surface area is 173 Å². The number of hydrogen-bond donors (Lipinski definition) is 1. The van der Waals surface area contributed by atoms with Gasteiger partial charge in [0.05, 0.1) is 0 Å². The van der Waals surface area contributed by atoms with E-state index in [4.69, 9.17) is 5.73 Å². The molecule has 2 N–H and O–H groups in total. The first-order chi connectivity index (χ1) is 13.2. The summed E-state index contributed by atoms with van der Waals surface area (Å²) in [5.41, 5.74) is 7.08. The van der Waals surface area contributed by atoms with Crippen LogP contribution in [0.25, 0.3) is 0 Å². The molecular formula is C26H55N. The van der Waals surface area contributed by atoms with Crippen LogP contribution in [0.15, 0.2) is 0 Å². The van der Waals surface area contributed by atoms with Crippen LogP contribution >= 0.6 is 0 Å². The van der Waals surface area contributed by atoms with Crippen molar-refractivity contribution in [3.63, 3.8) is 0 Å². The first-order valence-corrected chi connectivity index (χ1v) is 13.0. The van der Waals surface area contributed by atoms with Gasteiger partial charge in [0.15, 0.2) is 0 Å². The van der Waals surface area contributed by atoms with Crippen LogP contribution in [0.2, 0.25) is 0 Å². The highest BCUT2D eigenvalue weighted by Crippen LogP contribution is 2.27. The Morgan fingerprint density at radius 1 is 0.370 bits per heavy atom. The van der Waals surface area contributed by atoms with E-state index in [0.717, 1.165) is 0 Å². The normalized spacial score (nSPS) is 12.0. The Kier molecular flexibility index (Phi) is 20.7. The lowest BCUT2D eigenvalue weighted by Crippen LogP contribution is -2.39. The van der Waals surface area contributed by atoms with E-state index in [1.807, 2.05) is 0 Å². The SMILES string of the molecule is CCCCCCCCCC(N)(CCCCCCCC)CCCCCCCC. The first-order valence-electron chi connectivity index (χ1n) is 13.0. The predicted molar refractivity (Wildman–Crippen MR) is 126 cm³/mol. The zero-order valence-electron chi connectivity index (χ0n) is 19.6. The first kappa shape index (κ1) is 27.0. The minimum atomic E-state index is 0.138. The average molecular weight is 382 g/mol. The maximum atomic E-state index is 6.94. The number of hydrogen-bond acceptors (Lipinski definition) is 1. The quantitative estimate of drug-likeness (QED) is 0.186. The van der Waals surface area contributed by atoms with Gasteiger partial charge in [-0.25, -0.2) is 0 Å². The van der Waals surface area contributed by atoms with E-state index in [9.17, 15) is 0 Å². The molecule has 0 aromatic heterocycles. The minimum absolute atomic E-state index is 0.138. The lowest BCUT2D eigenvalue weighted by Gasteiger charge is -2.30. The topological polar surface area (TPSA) is 26.0 Å². The van der Waals surface area contributed by atoms with Gasteiger partial charge in [-0.05, 0) is 19.3 Å². The molecule has 0 aliphatic rings. The zero-order chi connectivity index (χ0) is 20.1. The molecule has 0 aromatic rings. The average Bonchev–Trinajstić information content (AvgIpc) is 2.67. The number of unbranched alkanes of at least 4 members (excludes halogenated alkanes) is 16. The minimum Gasteiger partial charge on any atom is -0.325 e. The zero-order valence-corrected chi connectivity index (χ0v) is 19.6. The molecule has 0 rings (SSSR count). The second-order valence-corrected chi connectivity index (χ2v) is 9.27. The van der Waals surface area contributed by atoms with Gasteiger partial charge in [0.2, 0.25) is 0 Å². The van der Waals surface area contributed by atoms with Crippen LogP contribution in [0.3, 0.4) is 0 Å². The van der Waals surface area contributed by atoms with Crippen LogP contribution in [0.1, 0.15) is 162 Å². The molecule has 0 aliphatic heterocycles. The third-order valence-electron chi connectivity index (χ3n) is 6.33. The second kappa shape index (κ2) is 20.7. The van der Waals surface area contributed by atoms with E-state index in [1.54, 1.807) is 0 Å². The second-order valence-electron chi connectivity index (χ2n) is 9.27. The van der Waals surface area contributed by atoms with Crippen LogP contribution in [0, 0.1) is 0 Å². The van der Waals surface area contributed by atoms with Gasteiger partial charge in [-0.15, -0.1) is 0 Å². The van der Waals surface area contributed by atoms with Crippen molar-refractivity contribution >= 4 is 0 Å². The molecule has 0 saturated carbocycles. The van der Waals surface area contributed by atoms with Crippen molar-refractivity contribution < 1.29 is 0 Å². The highest BCUT2D eigenvalue weighted by atomic mass is 14.7. The largest absolute Gasteiger partial charge is 0.325 e. The van der Waals surface area contributed by atoms with Crippen molar-refractivity contribution in [2.24, 2.45) is 5.73 Å². The van der Waals surface area contributed by atoms with Crippen molar-refractivity contribution in [3.8, 4) is 0 Å². The fourth-order valence-electron chi connectivity index (χ4n) is 4.32. The molecule has 1 nitrogen and oxygen atoms in total. The van der Waals surface area contributed by atoms with Gasteiger partial charge in [0.1, 0.15) is 0 Å². The van der Waals surface area contributed by atoms with Crippen molar-refractivity contribution in [1.82, 2.24) is 0 Å². The summed E-state index contributed by atoms with van der Waals surface area (Å²) in [4.78, 5) is 0. The van der Waals surface area contributed by atoms with Gasteiger partial charge >= 0.3 is 0 Å². The lowest BCUT2D eigenvalue weighted by atomic mass is 9.82. The Bertz CT molecular complexity index is 257. The molecule has 0 aliphatic carbocycles. The Balaban J connectivity index is 4.02. The Morgan fingerprint density at radius 2 is 0.593 bits per heavy atom. The lowest BCUT2D eigenvalue weighted by molar-refractivity contribution is 0.302. The van der Waals surface area contributed by atoms with E-state index in [-0.39, 0.29) is 5.54 Å². The third-order valence-corrected chi connectivity index (χ3v) is 6.33. The summed E-state index contributed by atoms with van der Waals surface area (Å²) in [6.07, 6.45) is 30.3. The summed E-state index contributed by atoms with van der Waals surface area (Å²) in [6.45, 7) is 6.90. The summed E-state index contributed by atoms with van der Waals surface area (Å²) in [6, 6.07) is 0. The molecule has 0 saturated heterocycles. The van der Waals surface area contributed by atoms with Crippen molar-refractivity contribution in [2.75, 3.05) is 0 Å². The number of rotatable bonds is 22. The van der Waals surface area contributed by atoms with Gasteiger partial charge in [-0.3, -0.25) is 0 Å². The third kappa shape index (κ3) is 19.1. The number of nitrogens with two attached hydrogens (primary N) is 1. The smallest absolute Gasteiger partial charge is 0.0154 e. The molecule has 0 aromatic carbocycles. The summed E-state index contributed by atoms with van der Waals surface area (Å²) in [5, 5.41) is 0. The molecule has 0 amide bonds. The van der Waals surface area contributed by atoms with Crippen LogP contribution in [-0.4, -0.2) is 5.54 Å². The van der Waals surface area contributed by atoms with E-state index >= 15 is 0 Å². The molecule has 27 heavy (non-hydrogen) atoms. The highest BCUT2D eigenvalue weighted by molar-refractivity contribution is 4.84. The molecule has 0 radical (unpaired) electrons. The molecule has 0 fully saturated rings. The van der Waals surface area contributed by atoms with Gasteiger partial charge in [0.25, 0.3) is 0 Å². The van der Waals surface area contributed by atoms with Crippen LogP contribution in [0.5, 0.6) is 0 Å². The van der Waals surface area contributed by atoms with Gasteiger partial charge in [-0.1, -0.05) is 143 Å². The molecule has 0 spiro atoms. The Hall–Kier alpha value is -0.0400. The van der Waals surface area contributed by atoms with E-state index in [1.165, 1.54) is 141 Å². The molecule has 1 heteroatoms. The van der Waals surface area contributed by atoms with Gasteiger partial charge < -0.3 is 5.73 Å². The van der Waals surface area contributed by atoms with Gasteiger partial charge in [-0.2, -0.15) is 0 Å². The monoisotopic (exact) mass is 381 g/mol. The standard InChI is InChI=1S/C26H55N/c1-4-7-10-13-16-19-22-25-26(27,23-20-17-14-11-8-5-2)24-21-18-15-12-9-6-3/h4-25,27H2,1-3H3. The summed E-state index contributed by atoms with van der Waals surface area (Å²) < 4.78 is 0. The summed E-state index contributed by atoms with van der Waals surface area (Å²) >= 11 is 0. The van der Waals surface area contributed by atoms with Crippen LogP contribution in [0.4, 0.5) is 0 Å². The van der Waals surface area contributed by atoms with E-state index in [2.05, 4.69) is 20.8 Å². The fourth-order valence-corrected chi connectivity index (χ4v) is 4.32. The molecule has 0 unspecified atom stereocenters. The molecule has 164 valence electrons. The van der Waals surface area contributed by atoms with E-state index in [0.29, 0.717) is 0 Å². The molecule has 0 heterocycles. The summed E-state index contributed by atoms with van der Waals surface area (Å²) in [5.74, 6) is 0. The molecular weight excluding hydrogens is 326 g/mol. The van der Waals surface area contributed by atoms with Crippen molar-refractivity contribution in [3.05, 3.63) is 0 Å². The van der Waals surface area contributed by atoms with Gasteiger partial charge in [0, 0.05) is 5.54 Å². The molecule has 0 atom stereocenters.